The summed E-state index contributed by atoms with van der Waals surface area (Å²) in [5.74, 6) is -2.86. The zero-order valence-electron chi connectivity index (χ0n) is 18.1. The third-order valence-corrected chi connectivity index (χ3v) is 7.06. The van der Waals surface area contributed by atoms with Gasteiger partial charge in [-0.05, 0) is 37.1 Å². The van der Waals surface area contributed by atoms with Crippen molar-refractivity contribution in [2.45, 2.75) is 48.6 Å². The maximum atomic E-state index is 11.7. The minimum atomic E-state index is -3.79. The summed E-state index contributed by atoms with van der Waals surface area (Å²) < 4.78 is 51.0. The van der Waals surface area contributed by atoms with Crippen LogP contribution in [0, 0.1) is 0 Å². The fourth-order valence-corrected chi connectivity index (χ4v) is 4.88. The van der Waals surface area contributed by atoms with Crippen LogP contribution in [0.4, 0.5) is 0 Å². The van der Waals surface area contributed by atoms with Gasteiger partial charge < -0.3 is 19.8 Å². The predicted molar refractivity (Wildman–Crippen MR) is 117 cm³/mol. The molecule has 0 aliphatic rings. The second-order valence-corrected chi connectivity index (χ2v) is 9.86. The Kier molecular flexibility index (Phi) is 14.0. The van der Waals surface area contributed by atoms with Crippen LogP contribution >= 0.6 is 0 Å². The zero-order chi connectivity index (χ0) is 24.4. The van der Waals surface area contributed by atoms with Crippen molar-refractivity contribution in [3.05, 3.63) is 60.7 Å². The van der Waals surface area contributed by atoms with Gasteiger partial charge in [-0.1, -0.05) is 50.2 Å². The molecule has 0 aliphatic heterocycles. The van der Waals surface area contributed by atoms with Crippen LogP contribution in [-0.2, 0) is 29.6 Å². The number of sulfonamides is 2. The first kappa shape index (κ1) is 31.5. The van der Waals surface area contributed by atoms with Gasteiger partial charge in [-0.2, -0.15) is 0 Å². The average molecular weight is 525 g/mol. The molecule has 0 amide bonds. The number of nitrogens with one attached hydrogen (secondary N) is 2. The van der Waals surface area contributed by atoms with Crippen molar-refractivity contribution >= 4 is 69.7 Å². The maximum Gasteiger partial charge on any atom is 2.00 e. The molecule has 2 aromatic carbocycles. The Labute approximate surface area is 223 Å². The molecule has 176 valence electrons. The number of hydrogen-bond acceptors (Lipinski definition) is 8. The van der Waals surface area contributed by atoms with E-state index < -0.39 is 44.1 Å². The second-order valence-electron chi connectivity index (χ2n) is 6.43. The minimum Gasteiger partial charge on any atom is -0.548 e. The van der Waals surface area contributed by atoms with Gasteiger partial charge in [0.1, 0.15) is 0 Å². The summed E-state index contributed by atoms with van der Waals surface area (Å²) in [6, 6.07) is 12.8. The molecule has 2 atom stereocenters. The van der Waals surface area contributed by atoms with Gasteiger partial charge in [0.05, 0.1) is 33.8 Å². The summed E-state index contributed by atoms with van der Waals surface area (Å²) in [6.07, 6.45) is 0.267. The van der Waals surface area contributed by atoms with E-state index in [4.69, 9.17) is 0 Å². The van der Waals surface area contributed by atoms with Crippen LogP contribution in [0.2, 0.25) is 0 Å². The SMILES string of the molecule is CCC(NS(=O)(=O)c1ccccc1)C(=O)[O-].CCC(NS(=O)(=O)c1ccccc1)C(=O)[O-].[Ca+2]. The molecular formula is C20H24CaN2O8S2. The first-order chi connectivity index (χ1) is 14.9. The van der Waals surface area contributed by atoms with E-state index in [9.17, 15) is 36.6 Å². The molecule has 0 aromatic heterocycles. The van der Waals surface area contributed by atoms with Crippen LogP contribution in [0.15, 0.2) is 70.5 Å². The van der Waals surface area contributed by atoms with E-state index >= 15 is 0 Å². The fraction of sp³-hybridized carbons (Fsp3) is 0.300. The molecule has 0 saturated heterocycles. The minimum absolute atomic E-state index is 0. The van der Waals surface area contributed by atoms with E-state index in [1.807, 2.05) is 0 Å². The summed E-state index contributed by atoms with van der Waals surface area (Å²) in [4.78, 5) is 21.3. The first-order valence-corrected chi connectivity index (χ1v) is 12.5. The second kappa shape index (κ2) is 14.7. The number of carbonyl (C=O) groups is 2. The van der Waals surface area contributed by atoms with Crippen LogP contribution in [-0.4, -0.2) is 78.6 Å². The molecule has 0 spiro atoms. The number of benzene rings is 2. The van der Waals surface area contributed by atoms with Crippen molar-refractivity contribution in [1.82, 2.24) is 9.44 Å². The van der Waals surface area contributed by atoms with Gasteiger partial charge >= 0.3 is 37.7 Å². The van der Waals surface area contributed by atoms with Crippen LogP contribution < -0.4 is 19.7 Å². The van der Waals surface area contributed by atoms with Gasteiger partial charge in [0, 0.05) is 0 Å². The quantitative estimate of drug-likeness (QED) is 0.357. The third-order valence-electron chi connectivity index (χ3n) is 4.09. The molecule has 0 bridgehead atoms. The van der Waals surface area contributed by atoms with Crippen molar-refractivity contribution in [2.24, 2.45) is 0 Å². The Morgan fingerprint density at radius 3 is 1.18 bits per heavy atom. The van der Waals surface area contributed by atoms with Gasteiger partial charge in [0.2, 0.25) is 20.0 Å². The molecule has 33 heavy (non-hydrogen) atoms. The van der Waals surface area contributed by atoms with Gasteiger partial charge in [-0.15, -0.1) is 0 Å². The number of carbonyl (C=O) groups excluding carboxylic acids is 2. The van der Waals surface area contributed by atoms with Gasteiger partial charge in [0.15, 0.2) is 0 Å². The van der Waals surface area contributed by atoms with E-state index in [1.54, 1.807) is 50.2 Å². The standard InChI is InChI=1S/2C10H13NO4S.Ca/c2*1-2-9(10(12)13)11-16(14,15)8-6-4-3-5-7-8;/h2*3-7,9,11H,2H2,1H3,(H,12,13);/q;;+2/p-2. The smallest absolute Gasteiger partial charge is 0.548 e. The van der Waals surface area contributed by atoms with Crippen molar-refractivity contribution in [2.75, 3.05) is 0 Å². The first-order valence-electron chi connectivity index (χ1n) is 9.51. The van der Waals surface area contributed by atoms with Crippen molar-refractivity contribution in [3.8, 4) is 0 Å². The topological polar surface area (TPSA) is 173 Å². The van der Waals surface area contributed by atoms with Crippen LogP contribution in [0.25, 0.3) is 0 Å². The number of aliphatic carboxylic acids is 2. The van der Waals surface area contributed by atoms with Crippen molar-refractivity contribution in [1.29, 1.82) is 0 Å². The molecule has 0 aliphatic carbocycles. The van der Waals surface area contributed by atoms with E-state index in [1.165, 1.54) is 24.3 Å². The monoisotopic (exact) mass is 524 g/mol. The summed E-state index contributed by atoms with van der Waals surface area (Å²) in [7, 11) is -7.57. The largest absolute Gasteiger partial charge is 2.00 e. The molecule has 0 radical (unpaired) electrons. The molecule has 2 rings (SSSR count). The van der Waals surface area contributed by atoms with Crippen molar-refractivity contribution < 1.29 is 36.6 Å². The van der Waals surface area contributed by atoms with E-state index in [0.717, 1.165) is 0 Å². The molecule has 0 heterocycles. The molecule has 0 fully saturated rings. The van der Waals surface area contributed by atoms with Gasteiger partial charge in [0.25, 0.3) is 0 Å². The maximum absolute atomic E-state index is 11.7. The predicted octanol–water partition coefficient (Wildman–Crippen LogP) is -1.39. The zero-order valence-corrected chi connectivity index (χ0v) is 22.0. The molecule has 10 nitrogen and oxygen atoms in total. The molecular weight excluding hydrogens is 500 g/mol. The van der Waals surface area contributed by atoms with Crippen LogP contribution in [0.3, 0.4) is 0 Å². The van der Waals surface area contributed by atoms with Crippen molar-refractivity contribution in [3.63, 3.8) is 0 Å². The van der Waals surface area contributed by atoms with Gasteiger partial charge in [-0.25, -0.2) is 26.3 Å². The normalized spacial score (nSPS) is 12.9. The Morgan fingerprint density at radius 1 is 0.697 bits per heavy atom. The number of hydrogen-bond donors (Lipinski definition) is 2. The molecule has 13 heteroatoms. The molecule has 2 N–H and O–H groups in total. The van der Waals surface area contributed by atoms with Crippen LogP contribution in [0.5, 0.6) is 0 Å². The Morgan fingerprint density at radius 2 is 0.970 bits per heavy atom. The molecule has 2 unspecified atom stereocenters. The Balaban J connectivity index is 0.000000602. The van der Waals surface area contributed by atoms with E-state index in [0.29, 0.717) is 0 Å². The van der Waals surface area contributed by atoms with E-state index in [2.05, 4.69) is 9.44 Å². The Bertz CT molecular complexity index is 1010. The fourth-order valence-electron chi connectivity index (χ4n) is 2.31. The average Bonchev–Trinajstić information content (AvgIpc) is 2.77. The number of rotatable bonds is 10. The summed E-state index contributed by atoms with van der Waals surface area (Å²) in [6.45, 7) is 3.13. The summed E-state index contributed by atoms with van der Waals surface area (Å²) in [5.41, 5.74) is 0. The number of carboxylic acid groups (broad SMARTS) is 2. The van der Waals surface area contributed by atoms with E-state index in [-0.39, 0.29) is 60.4 Å². The molecule has 0 saturated carbocycles. The van der Waals surface area contributed by atoms with Crippen LogP contribution in [0.1, 0.15) is 26.7 Å². The summed E-state index contributed by atoms with van der Waals surface area (Å²) in [5, 5.41) is 21.2. The number of carboxylic acids is 2. The summed E-state index contributed by atoms with van der Waals surface area (Å²) >= 11 is 0. The Hall–Kier alpha value is -1.54. The third kappa shape index (κ3) is 10.5. The van der Waals surface area contributed by atoms with Gasteiger partial charge in [-0.3, -0.25) is 0 Å². The molecule has 2 aromatic rings.